The van der Waals surface area contributed by atoms with Gasteiger partial charge in [-0.3, -0.25) is 0 Å². The van der Waals surface area contributed by atoms with Crippen molar-refractivity contribution in [2.24, 2.45) is 0 Å². The van der Waals surface area contributed by atoms with Crippen molar-refractivity contribution in [2.45, 2.75) is 0 Å². The van der Waals surface area contributed by atoms with Crippen molar-refractivity contribution in [3.63, 3.8) is 0 Å². The first-order chi connectivity index (χ1) is 8.07. The van der Waals surface area contributed by atoms with Gasteiger partial charge in [-0.05, 0) is 43.3 Å². The van der Waals surface area contributed by atoms with Crippen LogP contribution in [0.25, 0.3) is 10.6 Å². The fraction of sp³-hybridized carbons (Fsp3) is 0.100. The molecule has 7 heteroatoms. The van der Waals surface area contributed by atoms with E-state index < -0.39 is 5.97 Å². The molecule has 0 atom stereocenters. The lowest BCUT2D eigenvalue weighted by Gasteiger charge is -2.07. The Balaban J connectivity index is 2.75. The van der Waals surface area contributed by atoms with Crippen LogP contribution in [0, 0.1) is 0 Å². The van der Waals surface area contributed by atoms with Crippen LogP contribution in [0.5, 0.6) is 0 Å². The largest absolute Gasteiger partial charge is 0.545 e. The number of carboxylic acid groups (broad SMARTS) is 1. The molecule has 17 heavy (non-hydrogen) atoms. The molecule has 0 saturated carbocycles. The number of rotatable bonds is 3. The van der Waals surface area contributed by atoms with Crippen molar-refractivity contribution >= 4 is 49.2 Å². The van der Waals surface area contributed by atoms with Gasteiger partial charge in [0.2, 0.25) is 0 Å². The second kappa shape index (κ2) is 4.83. The number of hydrogen-bond donors (Lipinski definition) is 0. The Labute approximate surface area is 118 Å². The number of carboxylic acids is 1. The van der Waals surface area contributed by atoms with E-state index in [9.17, 15) is 9.90 Å². The van der Waals surface area contributed by atoms with Gasteiger partial charge in [-0.1, -0.05) is 6.07 Å². The maximum Gasteiger partial charge on any atom is 0.133 e. The van der Waals surface area contributed by atoms with Crippen LogP contribution in [0.3, 0.4) is 0 Å². The first-order valence-corrected chi connectivity index (χ1v) is 6.94. The Morgan fingerprint density at radius 1 is 1.53 bits per heavy atom. The molecule has 2 rings (SSSR count). The average molecular weight is 380 g/mol. The van der Waals surface area contributed by atoms with E-state index in [1.165, 1.54) is 23.2 Å². The summed E-state index contributed by atoms with van der Waals surface area (Å²) in [6.07, 6.45) is 0. The van der Waals surface area contributed by atoms with E-state index in [1.807, 2.05) is 17.5 Å². The summed E-state index contributed by atoms with van der Waals surface area (Å²) >= 11 is 7.95. The lowest BCUT2D eigenvalue weighted by Crippen LogP contribution is -2.23. The van der Waals surface area contributed by atoms with Crippen molar-refractivity contribution in [2.75, 3.05) is 7.11 Å². The van der Waals surface area contributed by atoms with Gasteiger partial charge < -0.3 is 14.7 Å². The standard InChI is InChI=1S/C10H7Br2NO3S/c1-16-13-8(5-3-2-4-17-5)7(11)6(9(13)12)10(14)15/h2-4H,1H3,(H,14,15)/p-1. The summed E-state index contributed by atoms with van der Waals surface area (Å²) in [6.45, 7) is 0. The highest BCUT2D eigenvalue weighted by Crippen LogP contribution is 2.39. The molecule has 0 bridgehead atoms. The quantitative estimate of drug-likeness (QED) is 0.821. The maximum atomic E-state index is 11.1. The monoisotopic (exact) mass is 378 g/mol. The molecule has 0 saturated heterocycles. The second-order valence-electron chi connectivity index (χ2n) is 3.07. The van der Waals surface area contributed by atoms with E-state index in [4.69, 9.17) is 4.84 Å². The highest BCUT2D eigenvalue weighted by atomic mass is 79.9. The molecule has 0 aliphatic rings. The van der Waals surface area contributed by atoms with Gasteiger partial charge in [0.1, 0.15) is 17.4 Å². The molecule has 2 aromatic heterocycles. The Bertz CT molecular complexity index is 563. The first kappa shape index (κ1) is 12.7. The molecule has 0 aliphatic carbocycles. The van der Waals surface area contributed by atoms with Crippen molar-refractivity contribution in [1.29, 1.82) is 0 Å². The normalized spacial score (nSPS) is 10.5. The summed E-state index contributed by atoms with van der Waals surface area (Å²) in [4.78, 5) is 17.1. The molecule has 4 nitrogen and oxygen atoms in total. The zero-order valence-corrected chi connectivity index (χ0v) is 12.6. The van der Waals surface area contributed by atoms with Gasteiger partial charge in [0.15, 0.2) is 0 Å². The number of thiophene rings is 1. The van der Waals surface area contributed by atoms with E-state index >= 15 is 0 Å². The van der Waals surface area contributed by atoms with Crippen LogP contribution in [0.2, 0.25) is 0 Å². The molecule has 0 radical (unpaired) electrons. The summed E-state index contributed by atoms with van der Waals surface area (Å²) in [5.74, 6) is -1.27. The van der Waals surface area contributed by atoms with Gasteiger partial charge in [0, 0.05) is 5.56 Å². The Hall–Kier alpha value is -0.790. The third kappa shape index (κ3) is 2.02. The zero-order valence-electron chi connectivity index (χ0n) is 8.57. The number of nitrogens with zero attached hydrogens (tertiary/aromatic N) is 1. The summed E-state index contributed by atoms with van der Waals surface area (Å²) in [5.41, 5.74) is 0.684. The molecule has 90 valence electrons. The SMILES string of the molecule is COn1c(Br)c(C(=O)[O-])c(Br)c1-c1cccs1. The molecule has 0 spiro atoms. The highest BCUT2D eigenvalue weighted by Gasteiger charge is 2.22. The van der Waals surface area contributed by atoms with E-state index in [0.29, 0.717) is 14.8 Å². The molecular weight excluding hydrogens is 374 g/mol. The van der Waals surface area contributed by atoms with Crippen LogP contribution < -0.4 is 9.94 Å². The van der Waals surface area contributed by atoms with Gasteiger partial charge >= 0.3 is 0 Å². The van der Waals surface area contributed by atoms with Crippen molar-refractivity contribution in [3.8, 4) is 10.6 Å². The van der Waals surface area contributed by atoms with Crippen molar-refractivity contribution < 1.29 is 14.7 Å². The third-order valence-corrected chi connectivity index (χ3v) is 4.52. The summed E-state index contributed by atoms with van der Waals surface area (Å²) in [7, 11) is 1.47. The molecule has 0 fully saturated rings. The average Bonchev–Trinajstić information content (AvgIpc) is 2.84. The summed E-state index contributed by atoms with van der Waals surface area (Å²) in [6, 6.07) is 3.76. The number of halogens is 2. The van der Waals surface area contributed by atoms with Crippen LogP contribution in [0.1, 0.15) is 10.4 Å². The van der Waals surface area contributed by atoms with Crippen LogP contribution in [-0.2, 0) is 0 Å². The van der Waals surface area contributed by atoms with Crippen molar-refractivity contribution in [1.82, 2.24) is 4.73 Å². The Morgan fingerprint density at radius 2 is 2.24 bits per heavy atom. The zero-order chi connectivity index (χ0) is 12.6. The smallest absolute Gasteiger partial charge is 0.133 e. The highest BCUT2D eigenvalue weighted by molar-refractivity contribution is 9.11. The fourth-order valence-corrected chi connectivity index (χ4v) is 4.03. The minimum atomic E-state index is -1.27. The first-order valence-electron chi connectivity index (χ1n) is 4.47. The molecule has 2 heterocycles. The number of aromatic nitrogens is 1. The van der Waals surface area contributed by atoms with Gasteiger partial charge in [0.25, 0.3) is 0 Å². The second-order valence-corrected chi connectivity index (χ2v) is 5.56. The lowest BCUT2D eigenvalue weighted by atomic mass is 10.3. The predicted molar refractivity (Wildman–Crippen MR) is 70.0 cm³/mol. The number of carbonyl (C=O) groups excluding carboxylic acids is 1. The summed E-state index contributed by atoms with van der Waals surface area (Å²) in [5, 5.41) is 13.0. The van der Waals surface area contributed by atoms with E-state index in [1.54, 1.807) is 0 Å². The van der Waals surface area contributed by atoms with E-state index in [-0.39, 0.29) is 5.56 Å². The minimum absolute atomic E-state index is 0.0373. The van der Waals surface area contributed by atoms with Crippen LogP contribution in [0.4, 0.5) is 0 Å². The van der Waals surface area contributed by atoms with E-state index in [2.05, 4.69) is 31.9 Å². The molecule has 2 aromatic rings. The Morgan fingerprint density at radius 3 is 2.71 bits per heavy atom. The van der Waals surface area contributed by atoms with Gasteiger partial charge in [-0.25, -0.2) is 0 Å². The fourth-order valence-electron chi connectivity index (χ4n) is 1.46. The molecule has 0 amide bonds. The maximum absolute atomic E-state index is 11.1. The molecule has 0 aromatic carbocycles. The van der Waals surface area contributed by atoms with Gasteiger partial charge in [-0.2, -0.15) is 4.73 Å². The molecule has 0 unspecified atom stereocenters. The Kier molecular flexibility index (Phi) is 3.60. The minimum Gasteiger partial charge on any atom is -0.545 e. The van der Waals surface area contributed by atoms with E-state index in [0.717, 1.165) is 4.88 Å². The molecular formula is C10H6Br2NO3S-. The van der Waals surface area contributed by atoms with Crippen LogP contribution in [0.15, 0.2) is 26.6 Å². The molecule has 0 N–H and O–H groups in total. The van der Waals surface area contributed by atoms with Gasteiger partial charge in [-0.15, -0.1) is 11.3 Å². The van der Waals surface area contributed by atoms with Gasteiger partial charge in [0.05, 0.1) is 15.3 Å². The number of hydrogen-bond acceptors (Lipinski definition) is 4. The van der Waals surface area contributed by atoms with Crippen molar-refractivity contribution in [3.05, 3.63) is 32.2 Å². The topological polar surface area (TPSA) is 54.3 Å². The van der Waals surface area contributed by atoms with Crippen LogP contribution >= 0.6 is 43.2 Å². The number of aromatic carboxylic acids is 1. The predicted octanol–water partition coefficient (Wildman–Crippen LogP) is 2.16. The lowest BCUT2D eigenvalue weighted by molar-refractivity contribution is -0.255. The van der Waals surface area contributed by atoms with Crippen LogP contribution in [-0.4, -0.2) is 17.8 Å². The number of carbonyl (C=O) groups is 1. The summed E-state index contributed by atoms with van der Waals surface area (Å²) < 4.78 is 2.16. The molecule has 0 aliphatic heterocycles. The third-order valence-electron chi connectivity index (χ3n) is 2.16.